The fraction of sp³-hybridized carbons (Fsp3) is 0.316. The van der Waals surface area contributed by atoms with Crippen LogP contribution in [0.25, 0.3) is 0 Å². The number of ether oxygens (including phenoxy) is 3. The first kappa shape index (κ1) is 21.0. The molecule has 0 atom stereocenters. The third kappa shape index (κ3) is 4.72. The van der Waals surface area contributed by atoms with Gasteiger partial charge in [0.1, 0.15) is 11.5 Å². The number of phenolic OH excluding ortho intramolecular Hbond substituents is 1. The van der Waals surface area contributed by atoms with Crippen molar-refractivity contribution < 1.29 is 33.7 Å². The fourth-order valence-corrected chi connectivity index (χ4v) is 2.21. The molecular weight excluding hydrogens is 340 g/mol. The van der Waals surface area contributed by atoms with Crippen molar-refractivity contribution in [3.8, 4) is 11.5 Å². The van der Waals surface area contributed by atoms with Gasteiger partial charge < -0.3 is 19.3 Å². The first-order valence-electron chi connectivity index (χ1n) is 7.91. The average molecular weight is 362 g/mol. The number of phenols is 1. The van der Waals surface area contributed by atoms with Crippen LogP contribution in [0.2, 0.25) is 0 Å². The lowest BCUT2D eigenvalue weighted by Gasteiger charge is -2.19. The summed E-state index contributed by atoms with van der Waals surface area (Å²) in [6, 6.07) is 4.02. The highest BCUT2D eigenvalue weighted by molar-refractivity contribution is 6.12. The minimum absolute atomic E-state index is 0.0645. The van der Waals surface area contributed by atoms with Gasteiger partial charge in [0, 0.05) is 11.1 Å². The molecule has 0 saturated heterocycles. The maximum Gasteiger partial charge on any atom is 0.334 e. The summed E-state index contributed by atoms with van der Waals surface area (Å²) in [5.74, 6) is -3.91. The molecule has 7 nitrogen and oxygen atoms in total. The summed E-state index contributed by atoms with van der Waals surface area (Å²) in [4.78, 5) is 37.1. The molecule has 0 amide bonds. The SMILES string of the molecule is C=C(C(=O)OCC)C(C(=C)C(=O)OCC)C(=O)c1cc(OC)ccc1O. The molecule has 0 unspecified atom stereocenters. The lowest BCUT2D eigenvalue weighted by molar-refractivity contribution is -0.139. The van der Waals surface area contributed by atoms with E-state index in [1.165, 1.54) is 25.3 Å². The van der Waals surface area contributed by atoms with Gasteiger partial charge >= 0.3 is 11.9 Å². The van der Waals surface area contributed by atoms with Crippen LogP contribution in [0.15, 0.2) is 42.5 Å². The molecule has 26 heavy (non-hydrogen) atoms. The maximum atomic E-state index is 13.0. The Bertz CT molecular complexity index is 703. The van der Waals surface area contributed by atoms with E-state index in [0.29, 0.717) is 5.75 Å². The zero-order valence-electron chi connectivity index (χ0n) is 15.0. The molecule has 140 valence electrons. The molecule has 0 spiro atoms. The number of esters is 2. The van der Waals surface area contributed by atoms with Crippen molar-refractivity contribution >= 4 is 17.7 Å². The summed E-state index contributed by atoms with van der Waals surface area (Å²) < 4.78 is 14.8. The number of hydrogen-bond donors (Lipinski definition) is 1. The first-order valence-corrected chi connectivity index (χ1v) is 7.91. The molecule has 1 N–H and O–H groups in total. The van der Waals surface area contributed by atoms with E-state index >= 15 is 0 Å². The normalized spacial score (nSPS) is 10.2. The lowest BCUT2D eigenvalue weighted by atomic mass is 9.85. The van der Waals surface area contributed by atoms with E-state index < -0.39 is 23.6 Å². The van der Waals surface area contributed by atoms with E-state index in [9.17, 15) is 19.5 Å². The Morgan fingerprint density at radius 1 is 1.04 bits per heavy atom. The fourth-order valence-electron chi connectivity index (χ4n) is 2.21. The predicted octanol–water partition coefficient (Wildman–Crippen LogP) is 2.44. The predicted molar refractivity (Wildman–Crippen MR) is 94.0 cm³/mol. The summed E-state index contributed by atoms with van der Waals surface area (Å²) in [6.45, 7) is 10.5. The lowest BCUT2D eigenvalue weighted by Crippen LogP contribution is -2.28. The van der Waals surface area contributed by atoms with Gasteiger partial charge in [-0.05, 0) is 32.0 Å². The topological polar surface area (TPSA) is 99.1 Å². The van der Waals surface area contributed by atoms with Crippen molar-refractivity contribution in [1.29, 1.82) is 0 Å². The zero-order chi connectivity index (χ0) is 19.9. The van der Waals surface area contributed by atoms with Gasteiger partial charge in [0.2, 0.25) is 0 Å². The van der Waals surface area contributed by atoms with E-state index in [2.05, 4.69) is 13.2 Å². The van der Waals surface area contributed by atoms with Gasteiger partial charge in [-0.15, -0.1) is 0 Å². The summed E-state index contributed by atoms with van der Waals surface area (Å²) in [6.07, 6.45) is 0. The monoisotopic (exact) mass is 362 g/mol. The van der Waals surface area contributed by atoms with E-state index in [1.54, 1.807) is 13.8 Å². The van der Waals surface area contributed by atoms with Crippen molar-refractivity contribution in [2.45, 2.75) is 13.8 Å². The van der Waals surface area contributed by atoms with Crippen LogP contribution in [0.5, 0.6) is 11.5 Å². The van der Waals surface area contributed by atoms with E-state index in [-0.39, 0.29) is 35.7 Å². The van der Waals surface area contributed by atoms with Crippen LogP contribution < -0.4 is 4.74 Å². The van der Waals surface area contributed by atoms with E-state index in [1.807, 2.05) is 0 Å². The summed E-state index contributed by atoms with van der Waals surface area (Å²) in [5, 5.41) is 10.0. The Hall–Kier alpha value is -3.09. The zero-order valence-corrected chi connectivity index (χ0v) is 15.0. The Labute approximate surface area is 151 Å². The molecule has 0 aliphatic rings. The minimum Gasteiger partial charge on any atom is -0.507 e. The van der Waals surface area contributed by atoms with Crippen LogP contribution in [-0.2, 0) is 19.1 Å². The Balaban J connectivity index is 3.37. The molecule has 0 fully saturated rings. The molecule has 1 aromatic carbocycles. The van der Waals surface area contributed by atoms with Crippen LogP contribution >= 0.6 is 0 Å². The molecule has 0 heterocycles. The first-order chi connectivity index (χ1) is 12.3. The number of carbonyl (C=O) groups excluding carboxylic acids is 3. The number of ketones is 1. The van der Waals surface area contributed by atoms with Gasteiger partial charge in [0.05, 0.1) is 31.8 Å². The largest absolute Gasteiger partial charge is 0.507 e. The van der Waals surface area contributed by atoms with Crippen LogP contribution in [0.4, 0.5) is 0 Å². The number of carbonyl (C=O) groups is 3. The molecular formula is C19H22O7. The van der Waals surface area contributed by atoms with Gasteiger partial charge in [-0.25, -0.2) is 9.59 Å². The Morgan fingerprint density at radius 2 is 1.54 bits per heavy atom. The number of methoxy groups -OCH3 is 1. The minimum atomic E-state index is -1.44. The van der Waals surface area contributed by atoms with Gasteiger partial charge in [-0.2, -0.15) is 0 Å². The molecule has 0 radical (unpaired) electrons. The molecule has 0 aliphatic heterocycles. The molecule has 0 saturated carbocycles. The van der Waals surface area contributed by atoms with Crippen molar-refractivity contribution in [3.05, 3.63) is 48.1 Å². The average Bonchev–Trinajstić information content (AvgIpc) is 2.62. The molecule has 0 aliphatic carbocycles. The van der Waals surface area contributed by atoms with Gasteiger partial charge in [-0.3, -0.25) is 4.79 Å². The van der Waals surface area contributed by atoms with Crippen LogP contribution in [0.1, 0.15) is 24.2 Å². The van der Waals surface area contributed by atoms with Crippen LogP contribution in [0.3, 0.4) is 0 Å². The maximum absolute atomic E-state index is 13.0. The summed E-state index contributed by atoms with van der Waals surface area (Å²) in [5.41, 5.74) is -0.709. The van der Waals surface area contributed by atoms with Crippen LogP contribution in [0, 0.1) is 5.92 Å². The van der Waals surface area contributed by atoms with Gasteiger partial charge in [0.25, 0.3) is 0 Å². The number of Topliss-reactive ketones (excluding diaryl/α,β-unsaturated/α-hetero) is 1. The molecule has 1 rings (SSSR count). The van der Waals surface area contributed by atoms with Crippen molar-refractivity contribution in [1.82, 2.24) is 0 Å². The highest BCUT2D eigenvalue weighted by Crippen LogP contribution is 2.31. The molecule has 0 bridgehead atoms. The summed E-state index contributed by atoms with van der Waals surface area (Å²) >= 11 is 0. The van der Waals surface area contributed by atoms with Crippen molar-refractivity contribution in [3.63, 3.8) is 0 Å². The Kier molecular flexibility index (Phi) is 7.58. The number of aromatic hydroxyl groups is 1. The molecule has 7 heteroatoms. The molecule has 1 aromatic rings. The third-order valence-corrected chi connectivity index (χ3v) is 3.50. The molecule has 0 aromatic heterocycles. The number of rotatable bonds is 9. The third-order valence-electron chi connectivity index (χ3n) is 3.50. The van der Waals surface area contributed by atoms with E-state index in [0.717, 1.165) is 0 Å². The second-order valence-corrected chi connectivity index (χ2v) is 5.17. The van der Waals surface area contributed by atoms with Gasteiger partial charge in [-0.1, -0.05) is 13.2 Å². The highest BCUT2D eigenvalue weighted by Gasteiger charge is 2.35. The summed E-state index contributed by atoms with van der Waals surface area (Å²) in [7, 11) is 1.40. The number of hydrogen-bond acceptors (Lipinski definition) is 7. The van der Waals surface area contributed by atoms with Crippen molar-refractivity contribution in [2.24, 2.45) is 5.92 Å². The highest BCUT2D eigenvalue weighted by atomic mass is 16.5. The quantitative estimate of drug-likeness (QED) is 0.409. The standard InChI is InChI=1S/C19H22O7/c1-6-25-18(22)11(3)16(12(4)19(23)26-7-2)17(21)14-10-13(24-5)8-9-15(14)20/h8-10,16,20H,3-4,6-7H2,1-2,5H3. The smallest absolute Gasteiger partial charge is 0.334 e. The van der Waals surface area contributed by atoms with Crippen molar-refractivity contribution in [2.75, 3.05) is 20.3 Å². The van der Waals surface area contributed by atoms with Crippen LogP contribution in [-0.4, -0.2) is 43.2 Å². The van der Waals surface area contributed by atoms with Gasteiger partial charge in [0.15, 0.2) is 5.78 Å². The van der Waals surface area contributed by atoms with E-state index in [4.69, 9.17) is 14.2 Å². The second kappa shape index (κ2) is 9.41. The Morgan fingerprint density at radius 3 is 1.96 bits per heavy atom. The second-order valence-electron chi connectivity index (χ2n) is 5.17. The number of benzene rings is 1.